The molecule has 3 aliphatic heterocycles. The second-order valence-corrected chi connectivity index (χ2v) is 18.1. The number of aliphatic hydroxyl groups excluding tert-OH is 1. The van der Waals surface area contributed by atoms with Crippen LogP contribution in [-0.4, -0.2) is 121 Å². The van der Waals surface area contributed by atoms with Gasteiger partial charge in [0.05, 0.1) is 18.3 Å². The minimum Gasteiger partial charge on any atom is -0.456 e. The molecule has 0 aromatic carbocycles. The Morgan fingerprint density at radius 1 is 0.933 bits per heavy atom. The first kappa shape index (κ1) is 49.6. The van der Waals surface area contributed by atoms with Crippen molar-refractivity contribution < 1.29 is 57.9 Å². The smallest absolute Gasteiger partial charge is 0.329 e. The van der Waals surface area contributed by atoms with E-state index in [-0.39, 0.29) is 49.2 Å². The van der Waals surface area contributed by atoms with Crippen LogP contribution in [0.5, 0.6) is 0 Å². The number of Topliss-reactive ketones (excluding diaryl/α,β-unsaturated/α-hetero) is 3. The van der Waals surface area contributed by atoms with E-state index in [9.17, 15) is 34.2 Å². The van der Waals surface area contributed by atoms with Gasteiger partial charge in [-0.2, -0.15) is 0 Å². The third-order valence-electron chi connectivity index (χ3n) is 13.3. The largest absolute Gasteiger partial charge is 0.456 e. The lowest BCUT2D eigenvalue weighted by molar-refractivity contribution is -0.302. The summed E-state index contributed by atoms with van der Waals surface area (Å²) in [5, 5.41) is 23.9. The number of piperidine rings is 1. The molecule has 13 nitrogen and oxygen atoms in total. The van der Waals surface area contributed by atoms with Crippen molar-refractivity contribution in [3.63, 3.8) is 0 Å². The summed E-state index contributed by atoms with van der Waals surface area (Å²) in [6, 6.07) is -1.15. The van der Waals surface area contributed by atoms with Crippen LogP contribution in [0.25, 0.3) is 0 Å². The Kier molecular flexibility index (Phi) is 18.9. The summed E-state index contributed by atoms with van der Waals surface area (Å²) in [6.07, 6.45) is 9.30. The predicted octanol–water partition coefficient (Wildman–Crippen LogP) is 6.02. The number of unbranched alkanes of at least 4 members (excludes halogenated alkanes) is 1. The molecule has 60 heavy (non-hydrogen) atoms. The fourth-order valence-corrected chi connectivity index (χ4v) is 9.62. The zero-order valence-corrected chi connectivity index (χ0v) is 37.6. The van der Waals surface area contributed by atoms with Gasteiger partial charge in [-0.05, 0) is 95.5 Å². The molecule has 4 aliphatic rings. The highest BCUT2D eigenvalue weighted by molar-refractivity contribution is 6.39. The monoisotopic (exact) mass is 844 g/mol. The minimum atomic E-state index is -2.52. The van der Waals surface area contributed by atoms with E-state index in [0.29, 0.717) is 56.9 Å². The molecule has 2 bridgehead atoms. The fourth-order valence-electron chi connectivity index (χ4n) is 9.62. The standard InChI is InChI=1S/C47H73NO12/c1-10-11-12-13-16-34-22-28(2)21-29(3)23-40(57-8)43-41(58-9)25-31(5)47(55,60-43)44(52)45(53)48-20-15-14-17-35(48)46(54)59-42(32(6)37(50)27-38(34)51)30(4)24-33-18-19-36(49)39(26-33)56-7/h12-13,22,24,29,31-35,37,39-43,50,55H,10-11,14-21,23,25-27H2,1-9H3/b13-12+,28-22+,30-24+/t29-,31+,32+,33-,34+,35-,37-,39+,40-,41-,42+,43+,47+/m0/s1. The van der Waals surface area contributed by atoms with Crippen molar-refractivity contribution in [3.05, 3.63) is 35.5 Å². The number of allylic oxidation sites excluding steroid dienone is 5. The molecule has 3 heterocycles. The highest BCUT2D eigenvalue weighted by Crippen LogP contribution is 2.39. The average molecular weight is 844 g/mol. The molecule has 1 aliphatic carbocycles. The van der Waals surface area contributed by atoms with E-state index in [0.717, 1.165) is 18.4 Å². The van der Waals surface area contributed by atoms with Crippen LogP contribution in [0.3, 0.4) is 0 Å². The maximum atomic E-state index is 14.4. The van der Waals surface area contributed by atoms with Crippen molar-refractivity contribution in [1.82, 2.24) is 4.90 Å². The van der Waals surface area contributed by atoms with Crippen molar-refractivity contribution in [2.75, 3.05) is 27.9 Å². The van der Waals surface area contributed by atoms with Crippen molar-refractivity contribution >= 4 is 29.2 Å². The molecule has 1 saturated carbocycles. The summed E-state index contributed by atoms with van der Waals surface area (Å²) < 4.78 is 29.8. The number of ether oxygens (including phenoxy) is 5. The van der Waals surface area contributed by atoms with Gasteiger partial charge in [0.25, 0.3) is 11.7 Å². The first-order chi connectivity index (χ1) is 28.5. The molecule has 0 aromatic heterocycles. The molecular weight excluding hydrogens is 771 g/mol. The van der Waals surface area contributed by atoms with E-state index in [2.05, 4.69) is 19.9 Å². The lowest BCUT2D eigenvalue weighted by Gasteiger charge is -2.47. The molecule has 0 radical (unpaired) electrons. The van der Waals surface area contributed by atoms with Crippen LogP contribution in [0.2, 0.25) is 0 Å². The molecule has 13 atom stereocenters. The predicted molar refractivity (Wildman–Crippen MR) is 225 cm³/mol. The number of rotatable bonds is 9. The Balaban J connectivity index is 1.79. The maximum absolute atomic E-state index is 14.4. The number of nitrogens with zero attached hydrogens (tertiary/aromatic N) is 1. The van der Waals surface area contributed by atoms with Crippen molar-refractivity contribution in [2.24, 2.45) is 29.6 Å². The number of aliphatic hydroxyl groups is 2. The molecular formula is C47H73NO12. The summed E-state index contributed by atoms with van der Waals surface area (Å²) >= 11 is 0. The lowest BCUT2D eigenvalue weighted by Crippen LogP contribution is -2.64. The number of ketones is 3. The Morgan fingerprint density at radius 2 is 1.63 bits per heavy atom. The average Bonchev–Trinajstić information content (AvgIpc) is 3.23. The van der Waals surface area contributed by atoms with E-state index in [1.54, 1.807) is 20.8 Å². The molecule has 338 valence electrons. The highest BCUT2D eigenvalue weighted by Gasteiger charge is 2.56. The number of esters is 1. The number of methoxy groups -OCH3 is 3. The minimum absolute atomic E-state index is 0.0115. The van der Waals surface area contributed by atoms with Crippen LogP contribution in [0, 0.1) is 29.6 Å². The Morgan fingerprint density at radius 3 is 2.30 bits per heavy atom. The van der Waals surface area contributed by atoms with Crippen LogP contribution in [-0.2, 0) is 47.7 Å². The zero-order chi connectivity index (χ0) is 44.3. The SMILES string of the molecule is CCC/C=C/C[C@@H]1/C=C(\C)C[C@H](C)C[C@H](OC)[C@H]2O[C@@](O)(C(=O)C(=O)N3CCCC[C@H]3C(=O)O[C@H](/C(C)=C/[C@@H]3CCC(=O)[C@H](OC)C3)[C@H](C)[C@@H](O)CC1=O)[C@H](C)C[C@@H]2OC. The molecule has 0 aromatic rings. The van der Waals surface area contributed by atoms with Crippen molar-refractivity contribution in [1.29, 1.82) is 0 Å². The maximum Gasteiger partial charge on any atom is 0.329 e. The molecule has 2 saturated heterocycles. The van der Waals surface area contributed by atoms with Crippen molar-refractivity contribution in [2.45, 2.75) is 173 Å². The van der Waals surface area contributed by atoms with Crippen LogP contribution < -0.4 is 0 Å². The normalized spacial score (nSPS) is 38.5. The second kappa shape index (κ2) is 22.9. The Hall–Kier alpha value is -3.07. The van der Waals surface area contributed by atoms with Gasteiger partial charge in [0.2, 0.25) is 5.79 Å². The molecule has 4 rings (SSSR count). The third kappa shape index (κ3) is 12.3. The highest BCUT2D eigenvalue weighted by atomic mass is 16.7. The topological polar surface area (TPSA) is 175 Å². The number of amides is 1. The van der Waals surface area contributed by atoms with Crippen LogP contribution >= 0.6 is 0 Å². The Bertz CT molecular complexity index is 1590. The van der Waals surface area contributed by atoms with Gasteiger partial charge < -0.3 is 38.8 Å². The van der Waals surface area contributed by atoms with E-state index >= 15 is 0 Å². The summed E-state index contributed by atoms with van der Waals surface area (Å²) in [7, 11) is 4.57. The molecule has 1 amide bonds. The number of carbonyl (C=O) groups is 5. The van der Waals surface area contributed by atoms with Gasteiger partial charge in [0.15, 0.2) is 5.78 Å². The van der Waals surface area contributed by atoms with E-state index in [4.69, 9.17) is 23.7 Å². The molecule has 2 N–H and O–H groups in total. The van der Waals surface area contributed by atoms with Crippen LogP contribution in [0.1, 0.15) is 125 Å². The van der Waals surface area contributed by atoms with E-state index in [1.807, 2.05) is 25.2 Å². The number of carbonyl (C=O) groups excluding carboxylic acids is 5. The van der Waals surface area contributed by atoms with Gasteiger partial charge in [-0.3, -0.25) is 19.2 Å². The van der Waals surface area contributed by atoms with Gasteiger partial charge in [0, 0.05) is 58.5 Å². The third-order valence-corrected chi connectivity index (χ3v) is 13.3. The van der Waals surface area contributed by atoms with Crippen molar-refractivity contribution in [3.8, 4) is 0 Å². The summed E-state index contributed by atoms with van der Waals surface area (Å²) in [6.45, 7) is 11.4. The van der Waals surface area contributed by atoms with Gasteiger partial charge in [0.1, 0.15) is 30.1 Å². The van der Waals surface area contributed by atoms with E-state index in [1.165, 1.54) is 26.2 Å². The van der Waals surface area contributed by atoms with Crippen LogP contribution in [0.4, 0.5) is 0 Å². The molecule has 0 unspecified atom stereocenters. The number of hydrogen-bond donors (Lipinski definition) is 2. The van der Waals surface area contributed by atoms with Gasteiger partial charge >= 0.3 is 5.97 Å². The first-order valence-corrected chi connectivity index (χ1v) is 22.3. The Labute approximate surface area is 357 Å². The van der Waals surface area contributed by atoms with Gasteiger partial charge in [-0.15, -0.1) is 0 Å². The van der Waals surface area contributed by atoms with Gasteiger partial charge in [-0.25, -0.2) is 4.79 Å². The quantitative estimate of drug-likeness (QED) is 0.157. The number of hydrogen-bond acceptors (Lipinski definition) is 12. The van der Waals surface area contributed by atoms with Gasteiger partial charge in [-0.1, -0.05) is 64.0 Å². The zero-order valence-electron chi connectivity index (χ0n) is 37.6. The fraction of sp³-hybridized carbons (Fsp3) is 0.766. The first-order valence-electron chi connectivity index (χ1n) is 22.3. The molecule has 0 spiro atoms. The summed E-state index contributed by atoms with van der Waals surface area (Å²) in [4.78, 5) is 70.7. The number of fused-ring (bicyclic) bond motifs is 3. The molecule has 3 fully saturated rings. The second-order valence-electron chi connectivity index (χ2n) is 18.1. The van der Waals surface area contributed by atoms with E-state index < -0.39 is 83.9 Å². The van der Waals surface area contributed by atoms with Crippen LogP contribution in [0.15, 0.2) is 35.5 Å². The summed E-state index contributed by atoms with van der Waals surface area (Å²) in [5.74, 6) is -7.75. The summed E-state index contributed by atoms with van der Waals surface area (Å²) in [5.41, 5.74) is 1.61. The molecule has 13 heteroatoms. The lowest BCUT2D eigenvalue weighted by atomic mass is 9.82. The number of cyclic esters (lactones) is 1.